The topological polar surface area (TPSA) is 119 Å². The van der Waals surface area contributed by atoms with Gasteiger partial charge < -0.3 is 26.0 Å². The van der Waals surface area contributed by atoms with Crippen LogP contribution < -0.4 is 10.6 Å². The fourth-order valence-electron chi connectivity index (χ4n) is 1.78. The summed E-state index contributed by atoms with van der Waals surface area (Å²) >= 11 is 0. The molecular formula is C14H20N2O5. The molecule has 1 rings (SSSR count). The zero-order chi connectivity index (χ0) is 15.8. The van der Waals surface area contributed by atoms with E-state index >= 15 is 0 Å². The van der Waals surface area contributed by atoms with E-state index < -0.39 is 12.0 Å². The normalized spacial score (nSPS) is 11.9. The highest BCUT2D eigenvalue weighted by Crippen LogP contribution is 2.25. The van der Waals surface area contributed by atoms with Crippen LogP contribution in [0.5, 0.6) is 11.5 Å². The van der Waals surface area contributed by atoms with Gasteiger partial charge in [-0.1, -0.05) is 13.0 Å². The summed E-state index contributed by atoms with van der Waals surface area (Å²) in [7, 11) is 0. The minimum atomic E-state index is -1.15. The van der Waals surface area contributed by atoms with Crippen molar-refractivity contribution in [3.05, 3.63) is 23.8 Å². The molecule has 0 bridgehead atoms. The van der Waals surface area contributed by atoms with Gasteiger partial charge in [-0.25, -0.2) is 4.79 Å². The van der Waals surface area contributed by atoms with E-state index in [0.29, 0.717) is 12.1 Å². The summed E-state index contributed by atoms with van der Waals surface area (Å²) in [5.41, 5.74) is 0.504. The zero-order valence-electron chi connectivity index (χ0n) is 11.8. The van der Waals surface area contributed by atoms with Crippen molar-refractivity contribution in [2.45, 2.75) is 25.8 Å². The first-order chi connectivity index (χ1) is 9.93. The van der Waals surface area contributed by atoms with Gasteiger partial charge in [-0.05, 0) is 24.2 Å². The lowest BCUT2D eigenvalue weighted by Crippen LogP contribution is -2.43. The van der Waals surface area contributed by atoms with Crippen molar-refractivity contribution in [1.82, 2.24) is 10.6 Å². The Kier molecular flexibility index (Phi) is 6.48. The van der Waals surface area contributed by atoms with Crippen LogP contribution in [0.15, 0.2) is 18.2 Å². The fourth-order valence-corrected chi connectivity index (χ4v) is 1.78. The molecule has 0 aliphatic rings. The van der Waals surface area contributed by atoms with E-state index in [1.807, 2.05) is 6.92 Å². The molecule has 7 heteroatoms. The molecule has 0 aliphatic heterocycles. The number of aromatic hydroxyl groups is 2. The largest absolute Gasteiger partial charge is 0.504 e. The Morgan fingerprint density at radius 1 is 1.24 bits per heavy atom. The van der Waals surface area contributed by atoms with E-state index in [2.05, 4.69) is 10.6 Å². The molecule has 1 atom stereocenters. The van der Waals surface area contributed by atoms with Crippen LogP contribution in [0.1, 0.15) is 18.9 Å². The summed E-state index contributed by atoms with van der Waals surface area (Å²) in [6, 6.07) is 2.96. The quantitative estimate of drug-likeness (QED) is 0.345. The third-order valence-electron chi connectivity index (χ3n) is 2.89. The fraction of sp³-hybridized carbons (Fsp3) is 0.429. The molecule has 0 heterocycles. The molecule has 1 aromatic rings. The second-order valence-electron chi connectivity index (χ2n) is 4.59. The number of amides is 1. The number of aliphatic carboxylic acids is 1. The Balaban J connectivity index is 2.63. The van der Waals surface area contributed by atoms with Gasteiger partial charge in [0.25, 0.3) is 0 Å². The summed E-state index contributed by atoms with van der Waals surface area (Å²) < 4.78 is 0. The monoisotopic (exact) mass is 296 g/mol. The molecule has 1 aromatic carbocycles. The molecule has 0 saturated heterocycles. The van der Waals surface area contributed by atoms with Crippen LogP contribution >= 0.6 is 0 Å². The van der Waals surface area contributed by atoms with Crippen molar-refractivity contribution in [1.29, 1.82) is 0 Å². The van der Waals surface area contributed by atoms with Gasteiger partial charge in [-0.3, -0.25) is 4.79 Å². The highest BCUT2D eigenvalue weighted by atomic mass is 16.4. The van der Waals surface area contributed by atoms with Crippen molar-refractivity contribution in [3.8, 4) is 11.5 Å². The summed E-state index contributed by atoms with van der Waals surface area (Å²) in [5, 5.41) is 33.1. The third-order valence-corrected chi connectivity index (χ3v) is 2.89. The number of hydrogen-bond acceptors (Lipinski definition) is 5. The molecule has 5 N–H and O–H groups in total. The summed E-state index contributed by atoms with van der Waals surface area (Å²) in [6.45, 7) is 3.13. The summed E-state index contributed by atoms with van der Waals surface area (Å²) in [6.07, 6.45) is 0.217. The number of phenols is 2. The van der Waals surface area contributed by atoms with Gasteiger partial charge in [0.1, 0.15) is 6.04 Å². The van der Waals surface area contributed by atoms with Gasteiger partial charge in [-0.15, -0.1) is 0 Å². The number of carbonyl (C=O) groups excluding carboxylic acids is 1. The highest BCUT2D eigenvalue weighted by molar-refractivity contribution is 5.83. The molecule has 7 nitrogen and oxygen atoms in total. The molecule has 0 aliphatic carbocycles. The number of hydrogen-bond donors (Lipinski definition) is 5. The van der Waals surface area contributed by atoms with E-state index in [0.717, 1.165) is 6.54 Å². The number of rotatable bonds is 8. The van der Waals surface area contributed by atoms with Crippen LogP contribution in [0.3, 0.4) is 0 Å². The number of phenolic OH excluding ortho intramolecular Hbond substituents is 2. The van der Waals surface area contributed by atoms with Gasteiger partial charge in [0.15, 0.2) is 11.5 Å². The molecular weight excluding hydrogens is 276 g/mol. The lowest BCUT2D eigenvalue weighted by Gasteiger charge is -2.15. The maximum absolute atomic E-state index is 11.6. The predicted molar refractivity (Wildman–Crippen MR) is 76.2 cm³/mol. The second-order valence-corrected chi connectivity index (χ2v) is 4.59. The Morgan fingerprint density at radius 2 is 1.95 bits per heavy atom. The SMILES string of the molecule is CCNCCC(=O)NC(Cc1ccc(O)c(O)c1)C(=O)O. The van der Waals surface area contributed by atoms with Crippen molar-refractivity contribution < 1.29 is 24.9 Å². The summed E-state index contributed by atoms with van der Waals surface area (Å²) in [5.74, 6) is -2.11. The van der Waals surface area contributed by atoms with E-state index in [1.54, 1.807) is 0 Å². The van der Waals surface area contributed by atoms with Gasteiger partial charge >= 0.3 is 5.97 Å². The molecule has 0 aromatic heterocycles. The lowest BCUT2D eigenvalue weighted by atomic mass is 10.1. The number of carbonyl (C=O) groups is 2. The predicted octanol–water partition coefficient (Wildman–Crippen LogP) is 0.209. The first-order valence-corrected chi connectivity index (χ1v) is 6.67. The average molecular weight is 296 g/mol. The first kappa shape index (κ1) is 16.8. The molecule has 0 fully saturated rings. The number of benzene rings is 1. The van der Waals surface area contributed by atoms with Gasteiger partial charge in [-0.2, -0.15) is 0 Å². The van der Waals surface area contributed by atoms with Crippen LogP contribution in [0, 0.1) is 0 Å². The van der Waals surface area contributed by atoms with Crippen molar-refractivity contribution in [2.24, 2.45) is 0 Å². The molecule has 0 saturated carbocycles. The molecule has 1 amide bonds. The summed E-state index contributed by atoms with van der Waals surface area (Å²) in [4.78, 5) is 22.8. The number of nitrogens with one attached hydrogen (secondary N) is 2. The van der Waals surface area contributed by atoms with Crippen LogP contribution in [0.2, 0.25) is 0 Å². The zero-order valence-corrected chi connectivity index (χ0v) is 11.8. The van der Waals surface area contributed by atoms with Gasteiger partial charge in [0.05, 0.1) is 0 Å². The maximum Gasteiger partial charge on any atom is 0.326 e. The first-order valence-electron chi connectivity index (χ1n) is 6.67. The molecule has 21 heavy (non-hydrogen) atoms. The van der Waals surface area contributed by atoms with E-state index in [1.165, 1.54) is 18.2 Å². The molecule has 0 radical (unpaired) electrons. The highest BCUT2D eigenvalue weighted by Gasteiger charge is 2.20. The number of carboxylic acids is 1. The minimum absolute atomic E-state index is 0.0239. The van der Waals surface area contributed by atoms with Crippen molar-refractivity contribution in [2.75, 3.05) is 13.1 Å². The van der Waals surface area contributed by atoms with Crippen LogP contribution in [0.4, 0.5) is 0 Å². The number of carboxylic acid groups (broad SMARTS) is 1. The second kappa shape index (κ2) is 8.11. The maximum atomic E-state index is 11.6. The smallest absolute Gasteiger partial charge is 0.326 e. The van der Waals surface area contributed by atoms with Crippen LogP contribution in [0.25, 0.3) is 0 Å². The Morgan fingerprint density at radius 3 is 2.52 bits per heavy atom. The van der Waals surface area contributed by atoms with E-state index in [9.17, 15) is 19.8 Å². The standard InChI is InChI=1S/C14H20N2O5/c1-2-15-6-5-13(19)16-10(14(20)21)7-9-3-4-11(17)12(18)8-9/h3-4,8,10,15,17-18H,2,5-7H2,1H3,(H,16,19)(H,20,21). The molecule has 0 spiro atoms. The lowest BCUT2D eigenvalue weighted by molar-refractivity contribution is -0.141. The Bertz CT molecular complexity index is 504. The van der Waals surface area contributed by atoms with Crippen LogP contribution in [-0.4, -0.2) is 46.3 Å². The minimum Gasteiger partial charge on any atom is -0.504 e. The van der Waals surface area contributed by atoms with Gasteiger partial charge in [0, 0.05) is 19.4 Å². The average Bonchev–Trinajstić information content (AvgIpc) is 2.42. The van der Waals surface area contributed by atoms with Gasteiger partial charge in [0.2, 0.25) is 5.91 Å². The molecule has 116 valence electrons. The van der Waals surface area contributed by atoms with Crippen LogP contribution in [-0.2, 0) is 16.0 Å². The third kappa shape index (κ3) is 5.70. The van der Waals surface area contributed by atoms with Crippen molar-refractivity contribution >= 4 is 11.9 Å². The Labute approximate surface area is 122 Å². The van der Waals surface area contributed by atoms with E-state index in [-0.39, 0.29) is 30.2 Å². The van der Waals surface area contributed by atoms with E-state index in [4.69, 9.17) is 5.11 Å². The Hall–Kier alpha value is -2.28. The van der Waals surface area contributed by atoms with Crippen molar-refractivity contribution in [3.63, 3.8) is 0 Å². The molecule has 1 unspecified atom stereocenters.